The minimum absolute atomic E-state index is 0.207. The molecule has 0 aliphatic heterocycles. The molecule has 1 heterocycles. The van der Waals surface area contributed by atoms with Gasteiger partial charge in [-0.15, -0.1) is 0 Å². The topological polar surface area (TPSA) is 12.0 Å². The zero-order chi connectivity index (χ0) is 13.0. The molecule has 1 atom stereocenters. The first-order valence-electron chi connectivity index (χ1n) is 5.86. The van der Waals surface area contributed by atoms with Gasteiger partial charge in [0, 0.05) is 10.5 Å². The minimum Gasteiger partial charge on any atom is -0.310 e. The van der Waals surface area contributed by atoms with E-state index in [9.17, 15) is 4.39 Å². The number of rotatable bonds is 5. The van der Waals surface area contributed by atoms with E-state index in [1.54, 1.807) is 11.3 Å². The smallest absolute Gasteiger partial charge is 0.124 e. The van der Waals surface area contributed by atoms with E-state index in [0.29, 0.717) is 0 Å². The quantitative estimate of drug-likeness (QED) is 0.849. The van der Waals surface area contributed by atoms with E-state index >= 15 is 0 Å². The third kappa shape index (κ3) is 3.64. The van der Waals surface area contributed by atoms with Crippen molar-refractivity contribution < 1.29 is 4.39 Å². The summed E-state index contributed by atoms with van der Waals surface area (Å²) in [5, 5.41) is 7.71. The Morgan fingerprint density at radius 2 is 2.22 bits per heavy atom. The summed E-state index contributed by atoms with van der Waals surface area (Å²) in [6.07, 6.45) is 1.02. The van der Waals surface area contributed by atoms with Crippen molar-refractivity contribution in [3.05, 3.63) is 56.4 Å². The highest BCUT2D eigenvalue weighted by molar-refractivity contribution is 9.10. The molecule has 0 spiro atoms. The van der Waals surface area contributed by atoms with Gasteiger partial charge in [-0.05, 0) is 60.0 Å². The lowest BCUT2D eigenvalue weighted by molar-refractivity contribution is 0.571. The number of thiophene rings is 1. The Labute approximate surface area is 119 Å². The Morgan fingerprint density at radius 3 is 2.89 bits per heavy atom. The van der Waals surface area contributed by atoms with Gasteiger partial charge in [0.2, 0.25) is 0 Å². The molecule has 0 bridgehead atoms. The van der Waals surface area contributed by atoms with Crippen molar-refractivity contribution in [1.29, 1.82) is 0 Å². The van der Waals surface area contributed by atoms with Gasteiger partial charge in [-0.3, -0.25) is 0 Å². The van der Waals surface area contributed by atoms with Gasteiger partial charge >= 0.3 is 0 Å². The molecule has 18 heavy (non-hydrogen) atoms. The van der Waals surface area contributed by atoms with Gasteiger partial charge in [0.15, 0.2) is 0 Å². The second kappa shape index (κ2) is 6.45. The molecule has 1 nitrogen and oxygen atoms in total. The molecule has 1 aromatic carbocycles. The van der Waals surface area contributed by atoms with Crippen LogP contribution in [0.4, 0.5) is 4.39 Å². The van der Waals surface area contributed by atoms with Crippen LogP contribution in [-0.2, 0) is 6.42 Å². The predicted molar refractivity (Wildman–Crippen MR) is 78.5 cm³/mol. The van der Waals surface area contributed by atoms with Crippen LogP contribution in [-0.4, -0.2) is 6.54 Å². The van der Waals surface area contributed by atoms with E-state index in [1.165, 1.54) is 17.7 Å². The lowest BCUT2D eigenvalue weighted by atomic mass is 10.1. The standard InChI is InChI=1S/C14H15BrFNS/c1-10(13-3-2-12(16)8-14(13)15)17-6-4-11-5-7-18-9-11/h2-3,5,7-10,17H,4,6H2,1H3. The van der Waals surface area contributed by atoms with Crippen LogP contribution >= 0.6 is 27.3 Å². The van der Waals surface area contributed by atoms with Crippen molar-refractivity contribution in [3.63, 3.8) is 0 Å². The molecule has 0 fully saturated rings. The molecule has 4 heteroatoms. The van der Waals surface area contributed by atoms with E-state index in [0.717, 1.165) is 23.0 Å². The summed E-state index contributed by atoms with van der Waals surface area (Å²) in [7, 11) is 0. The summed E-state index contributed by atoms with van der Waals surface area (Å²) < 4.78 is 13.8. The van der Waals surface area contributed by atoms with Crippen LogP contribution in [0.3, 0.4) is 0 Å². The van der Waals surface area contributed by atoms with Crippen LogP contribution in [0, 0.1) is 5.82 Å². The fourth-order valence-corrected chi connectivity index (χ4v) is 3.23. The number of hydrogen-bond donors (Lipinski definition) is 1. The first-order valence-corrected chi connectivity index (χ1v) is 7.60. The van der Waals surface area contributed by atoms with Gasteiger partial charge < -0.3 is 5.32 Å². The van der Waals surface area contributed by atoms with Gasteiger partial charge in [-0.1, -0.05) is 22.0 Å². The van der Waals surface area contributed by atoms with Crippen LogP contribution < -0.4 is 5.32 Å². The molecular formula is C14H15BrFNS. The molecule has 1 N–H and O–H groups in total. The first kappa shape index (κ1) is 13.7. The third-order valence-electron chi connectivity index (χ3n) is 2.87. The summed E-state index contributed by atoms with van der Waals surface area (Å²) in [5.41, 5.74) is 2.44. The Balaban J connectivity index is 1.89. The summed E-state index contributed by atoms with van der Waals surface area (Å²) in [5.74, 6) is -0.212. The van der Waals surface area contributed by atoms with Crippen molar-refractivity contribution >= 4 is 27.3 Å². The van der Waals surface area contributed by atoms with Crippen molar-refractivity contribution in [1.82, 2.24) is 5.32 Å². The van der Waals surface area contributed by atoms with Crippen molar-refractivity contribution in [2.45, 2.75) is 19.4 Å². The summed E-state index contributed by atoms with van der Waals surface area (Å²) in [6.45, 7) is 3.01. The van der Waals surface area contributed by atoms with Gasteiger partial charge in [0.25, 0.3) is 0 Å². The summed E-state index contributed by atoms with van der Waals surface area (Å²) >= 11 is 5.12. The number of nitrogens with one attached hydrogen (secondary N) is 1. The lowest BCUT2D eigenvalue weighted by Gasteiger charge is -2.15. The minimum atomic E-state index is -0.212. The van der Waals surface area contributed by atoms with Crippen LogP contribution in [0.2, 0.25) is 0 Å². The van der Waals surface area contributed by atoms with Crippen LogP contribution in [0.15, 0.2) is 39.5 Å². The van der Waals surface area contributed by atoms with Gasteiger partial charge in [0.1, 0.15) is 5.82 Å². The van der Waals surface area contributed by atoms with Gasteiger partial charge in [-0.25, -0.2) is 4.39 Å². The molecule has 96 valence electrons. The lowest BCUT2D eigenvalue weighted by Crippen LogP contribution is -2.21. The normalized spacial score (nSPS) is 12.6. The molecule has 2 aromatic rings. The van der Waals surface area contributed by atoms with E-state index in [1.807, 2.05) is 6.07 Å². The molecule has 1 unspecified atom stereocenters. The predicted octanol–water partition coefficient (Wildman–Crippen LogP) is 4.54. The SMILES string of the molecule is CC(NCCc1ccsc1)c1ccc(F)cc1Br. The van der Waals surface area contributed by atoms with Crippen LogP contribution in [0.1, 0.15) is 24.1 Å². The average molecular weight is 328 g/mol. The Kier molecular flexibility index (Phi) is 4.92. The molecule has 0 saturated heterocycles. The molecule has 1 aromatic heterocycles. The monoisotopic (exact) mass is 327 g/mol. The highest BCUT2D eigenvalue weighted by Crippen LogP contribution is 2.24. The summed E-state index contributed by atoms with van der Waals surface area (Å²) in [6, 6.07) is 7.18. The second-order valence-corrected chi connectivity index (χ2v) is 5.86. The van der Waals surface area contributed by atoms with E-state index in [-0.39, 0.29) is 11.9 Å². The van der Waals surface area contributed by atoms with Crippen LogP contribution in [0.25, 0.3) is 0 Å². The van der Waals surface area contributed by atoms with Gasteiger partial charge in [-0.2, -0.15) is 11.3 Å². The van der Waals surface area contributed by atoms with Crippen molar-refractivity contribution in [2.24, 2.45) is 0 Å². The van der Waals surface area contributed by atoms with Gasteiger partial charge in [0.05, 0.1) is 0 Å². The maximum absolute atomic E-state index is 13.0. The third-order valence-corrected chi connectivity index (χ3v) is 4.29. The molecule has 0 aliphatic rings. The van der Waals surface area contributed by atoms with Crippen LogP contribution in [0.5, 0.6) is 0 Å². The van der Waals surface area contributed by atoms with E-state index < -0.39 is 0 Å². The number of halogens is 2. The van der Waals surface area contributed by atoms with Crippen molar-refractivity contribution in [3.8, 4) is 0 Å². The molecule has 0 amide bonds. The Morgan fingerprint density at radius 1 is 1.39 bits per heavy atom. The molecule has 0 radical (unpaired) electrons. The Hall–Kier alpha value is -0.710. The van der Waals surface area contributed by atoms with E-state index in [2.05, 4.69) is 45.0 Å². The zero-order valence-corrected chi connectivity index (χ0v) is 12.5. The largest absolute Gasteiger partial charge is 0.310 e. The van der Waals surface area contributed by atoms with E-state index in [4.69, 9.17) is 0 Å². The fraction of sp³-hybridized carbons (Fsp3) is 0.286. The molecule has 2 rings (SSSR count). The Bertz CT molecular complexity index is 499. The van der Waals surface area contributed by atoms with Crippen molar-refractivity contribution in [2.75, 3.05) is 6.54 Å². The molecule has 0 saturated carbocycles. The highest BCUT2D eigenvalue weighted by Gasteiger charge is 2.09. The molecule has 0 aliphatic carbocycles. The highest BCUT2D eigenvalue weighted by atomic mass is 79.9. The average Bonchev–Trinajstić information content (AvgIpc) is 2.81. The second-order valence-electron chi connectivity index (χ2n) is 4.22. The number of hydrogen-bond acceptors (Lipinski definition) is 2. The fourth-order valence-electron chi connectivity index (χ4n) is 1.83. The number of benzene rings is 1. The maximum Gasteiger partial charge on any atom is 0.124 e. The molecular weight excluding hydrogens is 313 g/mol. The summed E-state index contributed by atoms with van der Waals surface area (Å²) in [4.78, 5) is 0. The first-order chi connectivity index (χ1) is 8.66. The zero-order valence-electron chi connectivity index (χ0n) is 10.1. The maximum atomic E-state index is 13.0.